The molecule has 0 radical (unpaired) electrons. The molecule has 2 N–H and O–H groups in total. The van der Waals surface area contributed by atoms with Gasteiger partial charge in [0, 0.05) is 18.8 Å². The highest BCUT2D eigenvalue weighted by Crippen LogP contribution is 2.15. The monoisotopic (exact) mass is 278 g/mol. The van der Waals surface area contributed by atoms with Crippen molar-refractivity contribution in [3.05, 3.63) is 29.3 Å². The zero-order valence-corrected chi connectivity index (χ0v) is 12.5. The third-order valence-electron chi connectivity index (χ3n) is 3.54. The minimum absolute atomic E-state index is 0.414. The molecule has 0 aromatic heterocycles. The molecule has 1 aromatic rings. The number of ether oxygens (including phenoxy) is 1. The summed E-state index contributed by atoms with van der Waals surface area (Å²) in [6.07, 6.45) is 3.81. The molecule has 2 rings (SSSR count). The van der Waals surface area contributed by atoms with E-state index in [1.807, 2.05) is 0 Å². The summed E-state index contributed by atoms with van der Waals surface area (Å²) >= 11 is 5.29. The van der Waals surface area contributed by atoms with Crippen molar-refractivity contribution < 1.29 is 4.74 Å². The van der Waals surface area contributed by atoms with E-state index in [1.54, 1.807) is 0 Å². The second-order valence-corrected chi connectivity index (χ2v) is 5.51. The van der Waals surface area contributed by atoms with Gasteiger partial charge in [0.15, 0.2) is 5.11 Å². The molecule has 1 atom stereocenters. The first-order valence-electron chi connectivity index (χ1n) is 6.89. The van der Waals surface area contributed by atoms with Crippen molar-refractivity contribution in [3.63, 3.8) is 0 Å². The lowest BCUT2D eigenvalue weighted by molar-refractivity contribution is 0.105. The quantitative estimate of drug-likeness (QED) is 0.829. The fraction of sp³-hybridized carbons (Fsp3) is 0.533. The molecule has 1 aliphatic rings. The number of nitrogens with one attached hydrogen (secondary N) is 2. The van der Waals surface area contributed by atoms with Crippen LogP contribution in [0.1, 0.15) is 30.4 Å². The molecular weight excluding hydrogens is 256 g/mol. The Kier molecular flexibility index (Phi) is 5.16. The number of benzene rings is 1. The largest absolute Gasteiger partial charge is 0.378 e. The summed E-state index contributed by atoms with van der Waals surface area (Å²) in [5, 5.41) is 7.13. The number of hydrogen-bond donors (Lipinski definition) is 2. The van der Waals surface area contributed by atoms with Crippen LogP contribution in [0.5, 0.6) is 0 Å². The first-order chi connectivity index (χ1) is 9.15. The molecule has 3 nitrogen and oxygen atoms in total. The molecule has 1 aliphatic heterocycles. The molecule has 19 heavy (non-hydrogen) atoms. The summed E-state index contributed by atoms with van der Waals surface area (Å²) in [4.78, 5) is 0. The van der Waals surface area contributed by atoms with Crippen molar-refractivity contribution >= 4 is 23.0 Å². The minimum Gasteiger partial charge on any atom is -0.378 e. The Morgan fingerprint density at radius 1 is 1.37 bits per heavy atom. The van der Waals surface area contributed by atoms with Gasteiger partial charge in [-0.05, 0) is 68.6 Å². The van der Waals surface area contributed by atoms with Crippen LogP contribution in [0.25, 0.3) is 0 Å². The lowest BCUT2D eigenvalue weighted by atomic mass is 10.1. The summed E-state index contributed by atoms with van der Waals surface area (Å²) in [6, 6.07) is 6.27. The van der Waals surface area contributed by atoms with E-state index in [1.165, 1.54) is 24.0 Å². The summed E-state index contributed by atoms with van der Waals surface area (Å²) in [6.45, 7) is 5.99. The zero-order valence-electron chi connectivity index (χ0n) is 11.7. The molecule has 1 aromatic carbocycles. The molecule has 1 fully saturated rings. The van der Waals surface area contributed by atoms with Gasteiger partial charge in [0.05, 0.1) is 6.10 Å². The molecule has 0 saturated carbocycles. The SMILES string of the molecule is Cc1ccc(NC(=S)NCCC2CCCO2)cc1C. The van der Waals surface area contributed by atoms with Gasteiger partial charge in [-0.25, -0.2) is 0 Å². The first kappa shape index (κ1) is 14.3. The van der Waals surface area contributed by atoms with Gasteiger partial charge in [-0.2, -0.15) is 0 Å². The Hall–Kier alpha value is -1.13. The number of anilines is 1. The number of thiocarbonyl (C=S) groups is 1. The summed E-state index contributed by atoms with van der Waals surface area (Å²) < 4.78 is 5.58. The van der Waals surface area contributed by atoms with Gasteiger partial charge in [-0.3, -0.25) is 0 Å². The second-order valence-electron chi connectivity index (χ2n) is 5.10. The molecule has 0 amide bonds. The molecule has 0 aliphatic carbocycles. The fourth-order valence-corrected chi connectivity index (χ4v) is 2.43. The summed E-state index contributed by atoms with van der Waals surface area (Å²) in [5.41, 5.74) is 3.60. The Labute approximate surface area is 120 Å². The van der Waals surface area contributed by atoms with Crippen LogP contribution in [0, 0.1) is 13.8 Å². The highest BCUT2D eigenvalue weighted by Gasteiger charge is 2.14. The van der Waals surface area contributed by atoms with Gasteiger partial charge in [-0.15, -0.1) is 0 Å². The van der Waals surface area contributed by atoms with Crippen molar-refractivity contribution in [2.75, 3.05) is 18.5 Å². The normalized spacial score (nSPS) is 18.3. The van der Waals surface area contributed by atoms with Crippen LogP contribution >= 0.6 is 12.2 Å². The van der Waals surface area contributed by atoms with E-state index in [0.717, 1.165) is 25.3 Å². The van der Waals surface area contributed by atoms with Gasteiger partial charge >= 0.3 is 0 Å². The van der Waals surface area contributed by atoms with Crippen LogP contribution in [0.4, 0.5) is 5.69 Å². The van der Waals surface area contributed by atoms with Crippen LogP contribution in [0.2, 0.25) is 0 Å². The second kappa shape index (κ2) is 6.87. The number of hydrogen-bond acceptors (Lipinski definition) is 2. The van der Waals surface area contributed by atoms with E-state index in [-0.39, 0.29) is 0 Å². The molecule has 1 unspecified atom stereocenters. The van der Waals surface area contributed by atoms with Gasteiger partial charge in [-0.1, -0.05) is 6.07 Å². The van der Waals surface area contributed by atoms with Crippen LogP contribution in [-0.2, 0) is 4.74 Å². The van der Waals surface area contributed by atoms with Gasteiger partial charge in [0.2, 0.25) is 0 Å². The summed E-state index contributed by atoms with van der Waals surface area (Å²) in [7, 11) is 0. The van der Waals surface area contributed by atoms with Crippen LogP contribution < -0.4 is 10.6 Å². The molecule has 104 valence electrons. The fourth-order valence-electron chi connectivity index (χ4n) is 2.21. The maximum absolute atomic E-state index is 5.58. The van der Waals surface area contributed by atoms with E-state index in [4.69, 9.17) is 17.0 Å². The maximum Gasteiger partial charge on any atom is 0.170 e. The van der Waals surface area contributed by atoms with Crippen molar-refractivity contribution in [1.82, 2.24) is 5.32 Å². The lowest BCUT2D eigenvalue weighted by Crippen LogP contribution is -2.31. The molecule has 4 heteroatoms. The molecule has 0 spiro atoms. The molecular formula is C15H22N2OS. The van der Waals surface area contributed by atoms with E-state index in [2.05, 4.69) is 42.7 Å². The number of rotatable bonds is 4. The highest BCUT2D eigenvalue weighted by atomic mass is 32.1. The van der Waals surface area contributed by atoms with Crippen molar-refractivity contribution in [2.45, 2.75) is 39.2 Å². The van der Waals surface area contributed by atoms with E-state index < -0.39 is 0 Å². The van der Waals surface area contributed by atoms with E-state index in [0.29, 0.717) is 11.2 Å². The third-order valence-corrected chi connectivity index (χ3v) is 3.79. The Morgan fingerprint density at radius 2 is 2.21 bits per heavy atom. The average molecular weight is 278 g/mol. The zero-order chi connectivity index (χ0) is 13.7. The standard InChI is InChI=1S/C15H22N2OS/c1-11-5-6-13(10-12(11)2)17-15(19)16-8-7-14-4-3-9-18-14/h5-6,10,14H,3-4,7-9H2,1-2H3,(H2,16,17,19). The van der Waals surface area contributed by atoms with Crippen LogP contribution in [0.3, 0.4) is 0 Å². The van der Waals surface area contributed by atoms with Gasteiger partial charge < -0.3 is 15.4 Å². The van der Waals surface area contributed by atoms with E-state index in [9.17, 15) is 0 Å². The topological polar surface area (TPSA) is 33.3 Å². The number of aryl methyl sites for hydroxylation is 2. The predicted molar refractivity (Wildman–Crippen MR) is 83.7 cm³/mol. The summed E-state index contributed by atoms with van der Waals surface area (Å²) in [5.74, 6) is 0. The molecule has 1 saturated heterocycles. The van der Waals surface area contributed by atoms with Crippen molar-refractivity contribution in [3.8, 4) is 0 Å². The maximum atomic E-state index is 5.58. The Morgan fingerprint density at radius 3 is 2.89 bits per heavy atom. The highest BCUT2D eigenvalue weighted by molar-refractivity contribution is 7.80. The molecule has 0 bridgehead atoms. The third kappa shape index (κ3) is 4.48. The van der Waals surface area contributed by atoms with Crippen LogP contribution in [0.15, 0.2) is 18.2 Å². The molecule has 1 heterocycles. The lowest BCUT2D eigenvalue weighted by Gasteiger charge is -2.13. The van der Waals surface area contributed by atoms with Gasteiger partial charge in [0.1, 0.15) is 0 Å². The van der Waals surface area contributed by atoms with Gasteiger partial charge in [0.25, 0.3) is 0 Å². The van der Waals surface area contributed by atoms with Crippen LogP contribution in [-0.4, -0.2) is 24.4 Å². The average Bonchev–Trinajstić information content (AvgIpc) is 2.87. The minimum atomic E-state index is 0.414. The Balaban J connectivity index is 1.72. The smallest absolute Gasteiger partial charge is 0.170 e. The van der Waals surface area contributed by atoms with E-state index >= 15 is 0 Å². The van der Waals surface area contributed by atoms with Crippen molar-refractivity contribution in [2.24, 2.45) is 0 Å². The Bertz CT molecular complexity index is 442. The van der Waals surface area contributed by atoms with Crippen molar-refractivity contribution in [1.29, 1.82) is 0 Å². The first-order valence-corrected chi connectivity index (χ1v) is 7.29. The predicted octanol–water partition coefficient (Wildman–Crippen LogP) is 3.16.